The zero-order valence-electron chi connectivity index (χ0n) is 15.7. The largest absolute Gasteiger partial charge is 0.506 e. The number of aliphatic hydroxyl groups excluding tert-OH is 1. The molecule has 0 saturated heterocycles. The Bertz CT molecular complexity index is 1190. The van der Waals surface area contributed by atoms with Crippen molar-refractivity contribution in [1.29, 1.82) is 0 Å². The first kappa shape index (κ1) is 20.8. The monoisotopic (exact) mass is 440 g/mol. The molecule has 0 bridgehead atoms. The van der Waals surface area contributed by atoms with Gasteiger partial charge in [-0.2, -0.15) is 16.8 Å². The van der Waals surface area contributed by atoms with Gasteiger partial charge in [-0.15, -0.1) is 0 Å². The molecule has 3 N–H and O–H groups in total. The Morgan fingerprint density at radius 3 is 2.45 bits per heavy atom. The lowest BCUT2D eigenvalue weighted by Crippen LogP contribution is -2.29. The second kappa shape index (κ2) is 7.48. The van der Waals surface area contributed by atoms with E-state index in [0.717, 1.165) is 16.1 Å². The summed E-state index contributed by atoms with van der Waals surface area (Å²) in [5.74, 6) is -0.864. The molecule has 2 aromatic carbocycles. The van der Waals surface area contributed by atoms with E-state index < -0.39 is 26.2 Å². The third kappa shape index (κ3) is 4.57. The number of nitrogens with zero attached hydrogens (tertiary/aromatic N) is 1. The molecule has 0 aromatic heterocycles. The van der Waals surface area contributed by atoms with Gasteiger partial charge in [0.2, 0.25) is 5.88 Å². The highest BCUT2D eigenvalue weighted by atomic mass is 32.2. The van der Waals surface area contributed by atoms with Crippen molar-refractivity contribution in [2.24, 2.45) is 0 Å². The first-order valence-electron chi connectivity index (χ1n) is 8.57. The van der Waals surface area contributed by atoms with E-state index in [9.17, 15) is 27.0 Å². The third-order valence-corrected chi connectivity index (χ3v) is 6.62. The quantitative estimate of drug-likeness (QED) is 0.585. The first-order chi connectivity index (χ1) is 13.5. The molecular formula is C18H20N2O7S2. The molecule has 11 heteroatoms. The van der Waals surface area contributed by atoms with E-state index in [1.54, 1.807) is 24.3 Å². The number of phenols is 1. The number of rotatable bonds is 6. The lowest BCUT2D eigenvalue weighted by Gasteiger charge is -2.16. The molecule has 1 aliphatic heterocycles. The van der Waals surface area contributed by atoms with Gasteiger partial charge in [-0.3, -0.25) is 0 Å². The Morgan fingerprint density at radius 2 is 1.86 bits per heavy atom. The number of benzene rings is 2. The zero-order chi connectivity index (χ0) is 21.4. The maximum Gasteiger partial charge on any atom is 0.330 e. The van der Waals surface area contributed by atoms with E-state index >= 15 is 0 Å². The molecule has 0 saturated carbocycles. The van der Waals surface area contributed by atoms with E-state index in [-0.39, 0.29) is 29.4 Å². The number of aliphatic hydroxyl groups is 1. The summed E-state index contributed by atoms with van der Waals surface area (Å²) >= 11 is 0. The molecule has 1 aliphatic rings. The lowest BCUT2D eigenvalue weighted by molar-refractivity contribution is 0.392. The lowest BCUT2D eigenvalue weighted by atomic mass is 10.0. The number of anilines is 1. The summed E-state index contributed by atoms with van der Waals surface area (Å²) in [4.78, 5) is 0. The maximum absolute atomic E-state index is 12.0. The van der Waals surface area contributed by atoms with Crippen molar-refractivity contribution in [2.75, 3.05) is 10.1 Å². The SMILES string of the molecule is CCS(=O)(=O)Oc1ccc(C)cc1Cc1ccc(N2C=C(O)NS2(=O)=O)c(O)c1. The maximum atomic E-state index is 12.0. The number of hydrogen-bond donors (Lipinski definition) is 3. The minimum absolute atomic E-state index is 0.0421. The van der Waals surface area contributed by atoms with Crippen molar-refractivity contribution >= 4 is 26.0 Å². The van der Waals surface area contributed by atoms with Crippen LogP contribution in [0.1, 0.15) is 23.6 Å². The fraction of sp³-hybridized carbons (Fsp3) is 0.222. The number of phenolic OH excluding ortho intramolecular Hbond substituents is 1. The fourth-order valence-corrected chi connectivity index (χ4v) is 4.42. The van der Waals surface area contributed by atoms with Crippen LogP contribution in [0.15, 0.2) is 48.5 Å². The van der Waals surface area contributed by atoms with Crippen LogP contribution < -0.4 is 13.2 Å². The van der Waals surface area contributed by atoms with Gasteiger partial charge in [-0.05, 0) is 37.6 Å². The van der Waals surface area contributed by atoms with Crippen molar-refractivity contribution in [3.63, 3.8) is 0 Å². The minimum Gasteiger partial charge on any atom is -0.506 e. The van der Waals surface area contributed by atoms with Gasteiger partial charge < -0.3 is 14.4 Å². The summed E-state index contributed by atoms with van der Waals surface area (Å²) in [6, 6.07) is 9.43. The standard InChI is InChI=1S/C18H20N2O7S2/c1-3-28(23,24)27-17-7-4-12(2)8-14(17)9-13-5-6-15(16(21)10-13)20-11-18(22)19-29(20,25)26/h4-8,10-11,19,21-22H,3,9H2,1-2H3. The zero-order valence-corrected chi connectivity index (χ0v) is 17.3. The highest BCUT2D eigenvalue weighted by Gasteiger charge is 2.30. The van der Waals surface area contributed by atoms with E-state index in [2.05, 4.69) is 0 Å². The van der Waals surface area contributed by atoms with Crippen molar-refractivity contribution in [3.8, 4) is 11.5 Å². The Morgan fingerprint density at radius 1 is 1.14 bits per heavy atom. The number of hydrogen-bond acceptors (Lipinski definition) is 7. The molecule has 2 aromatic rings. The summed E-state index contributed by atoms with van der Waals surface area (Å²) in [5, 5.41) is 19.7. The van der Waals surface area contributed by atoms with Crippen LogP contribution in [0.2, 0.25) is 0 Å². The summed E-state index contributed by atoms with van der Waals surface area (Å²) < 4.78 is 55.4. The van der Waals surface area contributed by atoms with Crippen LogP contribution in [0.3, 0.4) is 0 Å². The molecule has 0 aliphatic carbocycles. The summed E-state index contributed by atoms with van der Waals surface area (Å²) in [6.45, 7) is 3.33. The smallest absolute Gasteiger partial charge is 0.330 e. The van der Waals surface area contributed by atoms with Crippen LogP contribution in [0.5, 0.6) is 11.5 Å². The Hall–Kier alpha value is -2.92. The van der Waals surface area contributed by atoms with Gasteiger partial charge in [-0.1, -0.05) is 23.8 Å². The molecule has 1 heterocycles. The Labute approximate surface area is 169 Å². The molecule has 0 fully saturated rings. The van der Waals surface area contributed by atoms with Crippen molar-refractivity contribution in [3.05, 3.63) is 65.2 Å². The summed E-state index contributed by atoms with van der Waals surface area (Å²) in [5.41, 5.74) is 2.06. The molecule has 0 radical (unpaired) electrons. The Balaban J connectivity index is 1.93. The molecule has 0 spiro atoms. The number of aromatic hydroxyl groups is 1. The predicted octanol–water partition coefficient (Wildman–Crippen LogP) is 2.03. The van der Waals surface area contributed by atoms with Crippen LogP contribution in [-0.4, -0.2) is 32.8 Å². The van der Waals surface area contributed by atoms with Crippen molar-refractivity contribution < 1.29 is 31.2 Å². The van der Waals surface area contributed by atoms with Gasteiger partial charge >= 0.3 is 20.3 Å². The highest BCUT2D eigenvalue weighted by Crippen LogP contribution is 2.34. The number of aryl methyl sites for hydroxylation is 1. The van der Waals surface area contributed by atoms with Gasteiger partial charge in [0.1, 0.15) is 17.2 Å². The van der Waals surface area contributed by atoms with Crippen LogP contribution >= 0.6 is 0 Å². The minimum atomic E-state index is -4.03. The summed E-state index contributed by atoms with van der Waals surface area (Å²) in [6.07, 6.45) is 1.18. The van der Waals surface area contributed by atoms with E-state index in [1.807, 2.05) is 11.6 Å². The van der Waals surface area contributed by atoms with Crippen LogP contribution in [-0.2, 0) is 26.7 Å². The topological polar surface area (TPSA) is 133 Å². The average molecular weight is 440 g/mol. The van der Waals surface area contributed by atoms with Crippen LogP contribution in [0.25, 0.3) is 0 Å². The molecule has 0 amide bonds. The van der Waals surface area contributed by atoms with Gasteiger partial charge in [0.05, 0.1) is 12.0 Å². The molecular weight excluding hydrogens is 420 g/mol. The van der Waals surface area contributed by atoms with Gasteiger partial charge in [0.15, 0.2) is 0 Å². The predicted molar refractivity (Wildman–Crippen MR) is 107 cm³/mol. The number of nitrogens with one attached hydrogen (secondary N) is 1. The summed E-state index contributed by atoms with van der Waals surface area (Å²) in [7, 11) is -7.73. The second-order valence-corrected chi connectivity index (χ2v) is 9.86. The van der Waals surface area contributed by atoms with Gasteiger partial charge in [0.25, 0.3) is 0 Å². The van der Waals surface area contributed by atoms with E-state index in [0.29, 0.717) is 11.1 Å². The van der Waals surface area contributed by atoms with Crippen molar-refractivity contribution in [1.82, 2.24) is 4.72 Å². The average Bonchev–Trinajstić information content (AvgIpc) is 2.89. The molecule has 3 rings (SSSR count). The van der Waals surface area contributed by atoms with Crippen molar-refractivity contribution in [2.45, 2.75) is 20.3 Å². The molecule has 29 heavy (non-hydrogen) atoms. The molecule has 0 unspecified atom stereocenters. The van der Waals surface area contributed by atoms with Crippen LogP contribution in [0.4, 0.5) is 5.69 Å². The molecule has 0 atom stereocenters. The van der Waals surface area contributed by atoms with Crippen LogP contribution in [0, 0.1) is 6.92 Å². The molecule has 156 valence electrons. The Kier molecular flexibility index (Phi) is 5.37. The highest BCUT2D eigenvalue weighted by molar-refractivity contribution is 7.91. The molecule has 9 nitrogen and oxygen atoms in total. The van der Waals surface area contributed by atoms with E-state index in [4.69, 9.17) is 4.18 Å². The fourth-order valence-electron chi connectivity index (χ4n) is 2.80. The normalized spacial score (nSPS) is 15.7. The second-order valence-electron chi connectivity index (χ2n) is 6.46. The first-order valence-corrected chi connectivity index (χ1v) is 11.6. The van der Waals surface area contributed by atoms with E-state index in [1.165, 1.54) is 19.1 Å². The third-order valence-electron chi connectivity index (χ3n) is 4.19. The van der Waals surface area contributed by atoms with Gasteiger partial charge in [-0.25, -0.2) is 9.03 Å². The van der Waals surface area contributed by atoms with Gasteiger partial charge in [0, 0.05) is 12.0 Å².